The highest BCUT2D eigenvalue weighted by atomic mass is 16.4. The molecule has 1 amide bonds. The third kappa shape index (κ3) is 2.38. The maximum Gasteiger partial charge on any atom is 0.305 e. The number of hydrogen-bond acceptors (Lipinski definition) is 3. The Morgan fingerprint density at radius 3 is 2.94 bits per heavy atom. The lowest BCUT2D eigenvalue weighted by Crippen LogP contribution is -2.39. The van der Waals surface area contributed by atoms with Crippen LogP contribution in [0.25, 0.3) is 0 Å². The molecule has 17 heavy (non-hydrogen) atoms. The second-order valence-electron chi connectivity index (χ2n) is 4.15. The summed E-state index contributed by atoms with van der Waals surface area (Å²) in [6.07, 6.45) is -0.211. The van der Waals surface area contributed by atoms with Crippen LogP contribution in [0, 0.1) is 0 Å². The van der Waals surface area contributed by atoms with E-state index >= 15 is 0 Å². The number of carboxylic acids is 1. The third-order valence-corrected chi connectivity index (χ3v) is 2.81. The van der Waals surface area contributed by atoms with Crippen molar-refractivity contribution in [2.24, 2.45) is 0 Å². The summed E-state index contributed by atoms with van der Waals surface area (Å²) >= 11 is 0. The van der Waals surface area contributed by atoms with E-state index < -0.39 is 12.0 Å². The zero-order valence-corrected chi connectivity index (χ0v) is 9.51. The zero-order valence-electron chi connectivity index (χ0n) is 9.51. The second kappa shape index (κ2) is 4.45. The number of amides is 1. The van der Waals surface area contributed by atoms with E-state index in [1.807, 2.05) is 24.3 Å². The Balaban J connectivity index is 2.31. The molecule has 0 radical (unpaired) electrons. The molecule has 0 bridgehead atoms. The monoisotopic (exact) mass is 234 g/mol. The number of carbonyl (C=O) groups is 2. The van der Waals surface area contributed by atoms with Crippen LogP contribution in [-0.2, 0) is 16.1 Å². The number of nitrogens with one attached hydrogen (secondary N) is 1. The quantitative estimate of drug-likeness (QED) is 0.798. The average molecular weight is 234 g/mol. The van der Waals surface area contributed by atoms with Crippen molar-refractivity contribution in [2.45, 2.75) is 19.0 Å². The van der Waals surface area contributed by atoms with Crippen molar-refractivity contribution >= 4 is 17.6 Å². The van der Waals surface area contributed by atoms with Crippen LogP contribution in [-0.4, -0.2) is 35.0 Å². The Morgan fingerprint density at radius 1 is 1.53 bits per heavy atom. The van der Waals surface area contributed by atoms with Crippen LogP contribution in [0.3, 0.4) is 0 Å². The molecule has 1 heterocycles. The minimum Gasteiger partial charge on any atom is -0.481 e. The fourth-order valence-electron chi connectivity index (χ4n) is 1.96. The lowest BCUT2D eigenvalue weighted by Gasteiger charge is -2.19. The number of benzene rings is 1. The van der Waals surface area contributed by atoms with E-state index in [4.69, 9.17) is 5.11 Å². The molecule has 1 atom stereocenters. The molecule has 1 aliphatic rings. The standard InChI is InChI=1S/C12H14N2O3/c1-14-7-8-4-2-3-5-9(8)13-10(12(14)17)6-11(15)16/h2-5,10,13H,6-7H2,1H3,(H,15,16). The third-order valence-electron chi connectivity index (χ3n) is 2.81. The summed E-state index contributed by atoms with van der Waals surface area (Å²) in [5.74, 6) is -1.17. The maximum atomic E-state index is 11.9. The number of para-hydroxylation sites is 1. The molecule has 2 rings (SSSR count). The fourth-order valence-corrected chi connectivity index (χ4v) is 1.96. The van der Waals surface area contributed by atoms with E-state index in [2.05, 4.69) is 5.32 Å². The van der Waals surface area contributed by atoms with Crippen LogP contribution in [0.5, 0.6) is 0 Å². The molecule has 1 unspecified atom stereocenters. The minimum absolute atomic E-state index is 0.191. The molecule has 1 aromatic carbocycles. The van der Waals surface area contributed by atoms with Gasteiger partial charge in [0, 0.05) is 19.3 Å². The first kappa shape index (κ1) is 11.4. The number of rotatable bonds is 2. The van der Waals surface area contributed by atoms with Gasteiger partial charge in [-0.25, -0.2) is 0 Å². The SMILES string of the molecule is CN1Cc2ccccc2NC(CC(=O)O)C1=O. The van der Waals surface area contributed by atoms with Gasteiger partial charge in [-0.05, 0) is 11.6 Å². The molecule has 0 aliphatic carbocycles. The summed E-state index contributed by atoms with van der Waals surface area (Å²) in [7, 11) is 1.68. The van der Waals surface area contributed by atoms with Gasteiger partial charge in [-0.2, -0.15) is 0 Å². The number of fused-ring (bicyclic) bond motifs is 1. The van der Waals surface area contributed by atoms with E-state index in [0.717, 1.165) is 11.3 Å². The van der Waals surface area contributed by atoms with Gasteiger partial charge in [0.15, 0.2) is 0 Å². The smallest absolute Gasteiger partial charge is 0.305 e. The van der Waals surface area contributed by atoms with E-state index in [0.29, 0.717) is 6.54 Å². The van der Waals surface area contributed by atoms with Gasteiger partial charge < -0.3 is 15.3 Å². The summed E-state index contributed by atoms with van der Waals surface area (Å²) in [5.41, 5.74) is 1.83. The summed E-state index contributed by atoms with van der Waals surface area (Å²) < 4.78 is 0. The number of carbonyl (C=O) groups excluding carboxylic acids is 1. The molecule has 5 nitrogen and oxygen atoms in total. The van der Waals surface area contributed by atoms with Gasteiger partial charge in [0.25, 0.3) is 0 Å². The predicted molar refractivity (Wildman–Crippen MR) is 62.6 cm³/mol. The Bertz CT molecular complexity index is 459. The van der Waals surface area contributed by atoms with Crippen molar-refractivity contribution in [1.29, 1.82) is 0 Å². The van der Waals surface area contributed by atoms with Gasteiger partial charge in [0.05, 0.1) is 6.42 Å². The van der Waals surface area contributed by atoms with Crippen LogP contribution in [0.1, 0.15) is 12.0 Å². The molecular formula is C12H14N2O3. The molecular weight excluding hydrogens is 220 g/mol. The molecule has 5 heteroatoms. The number of likely N-dealkylation sites (N-methyl/N-ethyl adjacent to an activating group) is 1. The van der Waals surface area contributed by atoms with E-state index in [-0.39, 0.29) is 12.3 Å². The van der Waals surface area contributed by atoms with Crippen molar-refractivity contribution in [3.63, 3.8) is 0 Å². The Kier molecular flexibility index (Phi) is 2.99. The highest BCUT2D eigenvalue weighted by Gasteiger charge is 2.28. The van der Waals surface area contributed by atoms with Crippen molar-refractivity contribution in [3.8, 4) is 0 Å². The molecule has 0 aromatic heterocycles. The van der Waals surface area contributed by atoms with Crippen LogP contribution >= 0.6 is 0 Å². The summed E-state index contributed by atoms with van der Waals surface area (Å²) in [6.45, 7) is 0.498. The van der Waals surface area contributed by atoms with Crippen molar-refractivity contribution in [1.82, 2.24) is 4.90 Å². The van der Waals surface area contributed by atoms with Crippen molar-refractivity contribution < 1.29 is 14.7 Å². The first-order valence-corrected chi connectivity index (χ1v) is 5.39. The molecule has 1 aliphatic heterocycles. The lowest BCUT2D eigenvalue weighted by atomic mass is 10.1. The van der Waals surface area contributed by atoms with Crippen LogP contribution in [0.15, 0.2) is 24.3 Å². The largest absolute Gasteiger partial charge is 0.481 e. The summed E-state index contributed by atoms with van der Waals surface area (Å²) in [5, 5.41) is 11.8. The number of carboxylic acid groups (broad SMARTS) is 1. The topological polar surface area (TPSA) is 69.6 Å². The van der Waals surface area contributed by atoms with Crippen molar-refractivity contribution in [2.75, 3.05) is 12.4 Å². The van der Waals surface area contributed by atoms with E-state index in [1.165, 1.54) is 0 Å². The Hall–Kier alpha value is -2.04. The zero-order chi connectivity index (χ0) is 12.4. The number of nitrogens with zero attached hydrogens (tertiary/aromatic N) is 1. The number of anilines is 1. The second-order valence-corrected chi connectivity index (χ2v) is 4.15. The fraction of sp³-hybridized carbons (Fsp3) is 0.333. The summed E-state index contributed by atoms with van der Waals surface area (Å²) in [6, 6.07) is 6.85. The van der Waals surface area contributed by atoms with Gasteiger partial charge in [0.1, 0.15) is 6.04 Å². The molecule has 0 saturated carbocycles. The molecule has 1 aromatic rings. The van der Waals surface area contributed by atoms with E-state index in [9.17, 15) is 9.59 Å². The van der Waals surface area contributed by atoms with Gasteiger partial charge in [0.2, 0.25) is 5.91 Å². The normalized spacial score (nSPS) is 19.2. The number of aliphatic carboxylic acids is 1. The Morgan fingerprint density at radius 2 is 2.24 bits per heavy atom. The van der Waals surface area contributed by atoms with Gasteiger partial charge in [-0.15, -0.1) is 0 Å². The summed E-state index contributed by atoms with van der Waals surface area (Å²) in [4.78, 5) is 24.2. The maximum absolute atomic E-state index is 11.9. The van der Waals surface area contributed by atoms with Crippen LogP contribution in [0.4, 0.5) is 5.69 Å². The van der Waals surface area contributed by atoms with Gasteiger partial charge in [-0.3, -0.25) is 9.59 Å². The van der Waals surface area contributed by atoms with Gasteiger partial charge in [-0.1, -0.05) is 18.2 Å². The average Bonchev–Trinajstić information content (AvgIpc) is 2.38. The molecule has 90 valence electrons. The first-order valence-electron chi connectivity index (χ1n) is 5.39. The molecule has 0 spiro atoms. The highest BCUT2D eigenvalue weighted by molar-refractivity contribution is 5.89. The highest BCUT2D eigenvalue weighted by Crippen LogP contribution is 2.22. The molecule has 0 fully saturated rings. The molecule has 2 N–H and O–H groups in total. The van der Waals surface area contributed by atoms with Crippen molar-refractivity contribution in [3.05, 3.63) is 29.8 Å². The number of hydrogen-bond donors (Lipinski definition) is 2. The predicted octanol–water partition coefficient (Wildman–Crippen LogP) is 0.914. The van der Waals surface area contributed by atoms with E-state index in [1.54, 1.807) is 11.9 Å². The van der Waals surface area contributed by atoms with Gasteiger partial charge >= 0.3 is 5.97 Å². The lowest BCUT2D eigenvalue weighted by molar-refractivity contribution is -0.141. The minimum atomic E-state index is -0.983. The van der Waals surface area contributed by atoms with Crippen LogP contribution in [0.2, 0.25) is 0 Å². The van der Waals surface area contributed by atoms with Crippen LogP contribution < -0.4 is 5.32 Å². The Labute approximate surface area is 99.0 Å². The molecule has 0 saturated heterocycles. The first-order chi connectivity index (χ1) is 8.08.